The Balaban J connectivity index is 1.63. The van der Waals surface area contributed by atoms with Crippen molar-refractivity contribution < 1.29 is 9.59 Å². The summed E-state index contributed by atoms with van der Waals surface area (Å²) in [6.07, 6.45) is 0.195. The van der Waals surface area contributed by atoms with E-state index in [1.165, 1.54) is 0 Å². The maximum absolute atomic E-state index is 12.4. The van der Waals surface area contributed by atoms with Gasteiger partial charge in [0.2, 0.25) is 11.8 Å². The molecule has 1 N–H and O–H groups in total. The van der Waals surface area contributed by atoms with Crippen molar-refractivity contribution in [2.45, 2.75) is 13.0 Å². The molecular weight excluding hydrogens is 347 g/mol. The summed E-state index contributed by atoms with van der Waals surface area (Å²) in [5, 5.41) is 4.03. The second kappa shape index (κ2) is 7.24. The van der Waals surface area contributed by atoms with E-state index in [-0.39, 0.29) is 24.2 Å². The highest BCUT2D eigenvalue weighted by molar-refractivity contribution is 6.31. The van der Waals surface area contributed by atoms with Crippen LogP contribution in [0.4, 0.5) is 5.69 Å². The Hall–Kier alpha value is -2.04. The lowest BCUT2D eigenvalue weighted by atomic mass is 10.1. The molecule has 2 aromatic rings. The summed E-state index contributed by atoms with van der Waals surface area (Å²) >= 11 is 12.1. The summed E-state index contributed by atoms with van der Waals surface area (Å²) in [5.74, 6) is -0.595. The van der Waals surface area contributed by atoms with Gasteiger partial charge in [-0.3, -0.25) is 9.59 Å². The summed E-state index contributed by atoms with van der Waals surface area (Å²) in [6.45, 7) is 0.702. The van der Waals surface area contributed by atoms with Crippen LogP contribution in [0.25, 0.3) is 0 Å². The smallest absolute Gasteiger partial charge is 0.227 e. The lowest BCUT2D eigenvalue weighted by Crippen LogP contribution is -2.32. The van der Waals surface area contributed by atoms with Crippen LogP contribution in [-0.2, 0) is 16.1 Å². The Labute approximate surface area is 150 Å². The molecule has 0 spiro atoms. The number of anilines is 1. The second-order valence-electron chi connectivity index (χ2n) is 5.69. The minimum Gasteiger partial charge on any atom is -0.352 e. The van der Waals surface area contributed by atoms with Crippen LogP contribution >= 0.6 is 23.2 Å². The normalized spacial score (nSPS) is 17.2. The van der Waals surface area contributed by atoms with Crippen molar-refractivity contribution in [1.82, 2.24) is 5.32 Å². The van der Waals surface area contributed by atoms with E-state index in [0.717, 1.165) is 5.56 Å². The quantitative estimate of drug-likeness (QED) is 0.901. The molecule has 0 bridgehead atoms. The van der Waals surface area contributed by atoms with Gasteiger partial charge < -0.3 is 10.2 Å². The van der Waals surface area contributed by atoms with Gasteiger partial charge in [-0.2, -0.15) is 0 Å². The topological polar surface area (TPSA) is 49.4 Å². The van der Waals surface area contributed by atoms with Crippen LogP contribution in [0.2, 0.25) is 10.0 Å². The van der Waals surface area contributed by atoms with Gasteiger partial charge in [-0.1, -0.05) is 47.5 Å². The van der Waals surface area contributed by atoms with Crippen LogP contribution < -0.4 is 10.2 Å². The number of rotatable bonds is 4. The minimum atomic E-state index is -0.376. The number of halogens is 2. The number of carbonyl (C=O) groups excluding carboxylic acids is 2. The maximum atomic E-state index is 12.4. The molecule has 1 atom stereocenters. The van der Waals surface area contributed by atoms with E-state index in [2.05, 4.69) is 5.32 Å². The van der Waals surface area contributed by atoms with Gasteiger partial charge in [0.05, 0.1) is 5.92 Å². The first kappa shape index (κ1) is 16.8. The monoisotopic (exact) mass is 362 g/mol. The molecule has 0 aromatic heterocycles. The largest absolute Gasteiger partial charge is 0.352 e. The van der Waals surface area contributed by atoms with Crippen LogP contribution in [0.3, 0.4) is 0 Å². The van der Waals surface area contributed by atoms with Gasteiger partial charge in [-0.15, -0.1) is 0 Å². The highest BCUT2D eigenvalue weighted by Gasteiger charge is 2.35. The fourth-order valence-corrected chi connectivity index (χ4v) is 3.13. The fourth-order valence-electron chi connectivity index (χ4n) is 2.75. The van der Waals surface area contributed by atoms with Crippen molar-refractivity contribution in [2.75, 3.05) is 11.4 Å². The average Bonchev–Trinajstić information content (AvgIpc) is 2.96. The van der Waals surface area contributed by atoms with Crippen LogP contribution in [0.5, 0.6) is 0 Å². The van der Waals surface area contributed by atoms with Crippen molar-refractivity contribution in [3.63, 3.8) is 0 Å². The Morgan fingerprint density at radius 2 is 1.96 bits per heavy atom. The SMILES string of the molecule is O=C(NCc1ccccc1Cl)C1CC(=O)N(c2cccc(Cl)c2)C1. The summed E-state index contributed by atoms with van der Waals surface area (Å²) in [5.41, 5.74) is 1.57. The number of hydrogen-bond donors (Lipinski definition) is 1. The third-order valence-electron chi connectivity index (χ3n) is 4.03. The van der Waals surface area contributed by atoms with Crippen LogP contribution in [-0.4, -0.2) is 18.4 Å². The Kier molecular flexibility index (Phi) is 5.07. The van der Waals surface area contributed by atoms with Crippen molar-refractivity contribution in [3.05, 3.63) is 64.1 Å². The van der Waals surface area contributed by atoms with Crippen LogP contribution in [0.15, 0.2) is 48.5 Å². The van der Waals surface area contributed by atoms with E-state index < -0.39 is 0 Å². The molecular formula is C18H16Cl2N2O2. The van der Waals surface area contributed by atoms with Crippen molar-refractivity contribution >= 4 is 40.7 Å². The summed E-state index contributed by atoms with van der Waals surface area (Å²) in [7, 11) is 0. The Morgan fingerprint density at radius 3 is 2.71 bits per heavy atom. The van der Waals surface area contributed by atoms with Gasteiger partial charge in [0, 0.05) is 35.2 Å². The first-order valence-corrected chi connectivity index (χ1v) is 8.37. The minimum absolute atomic E-state index is 0.0739. The number of benzene rings is 2. The molecule has 0 saturated carbocycles. The maximum Gasteiger partial charge on any atom is 0.227 e. The predicted molar refractivity (Wildman–Crippen MR) is 95.2 cm³/mol. The summed E-state index contributed by atoms with van der Waals surface area (Å²) in [6, 6.07) is 14.4. The second-order valence-corrected chi connectivity index (χ2v) is 6.54. The Bertz CT molecular complexity index is 779. The zero-order chi connectivity index (χ0) is 17.1. The molecule has 1 aliphatic rings. The zero-order valence-corrected chi connectivity index (χ0v) is 14.3. The van der Waals surface area contributed by atoms with Gasteiger partial charge in [0.15, 0.2) is 0 Å². The lowest BCUT2D eigenvalue weighted by molar-refractivity contribution is -0.126. The third-order valence-corrected chi connectivity index (χ3v) is 4.63. The number of carbonyl (C=O) groups is 2. The fraction of sp³-hybridized carbons (Fsp3) is 0.222. The van der Waals surface area contributed by atoms with Gasteiger partial charge in [0.25, 0.3) is 0 Å². The van der Waals surface area contributed by atoms with Crippen LogP contribution in [0, 0.1) is 5.92 Å². The molecule has 3 rings (SSSR count). The van der Waals surface area contributed by atoms with Gasteiger partial charge in [-0.05, 0) is 29.8 Å². The zero-order valence-electron chi connectivity index (χ0n) is 12.8. The van der Waals surface area contributed by atoms with E-state index in [1.54, 1.807) is 29.2 Å². The summed E-state index contributed by atoms with van der Waals surface area (Å²) in [4.78, 5) is 26.2. The first-order valence-electron chi connectivity index (χ1n) is 7.61. The molecule has 1 unspecified atom stereocenters. The molecule has 2 amide bonds. The third kappa shape index (κ3) is 3.71. The number of amides is 2. The van der Waals surface area contributed by atoms with Gasteiger partial charge >= 0.3 is 0 Å². The van der Waals surface area contributed by atoms with Crippen molar-refractivity contribution in [1.29, 1.82) is 0 Å². The van der Waals surface area contributed by atoms with Crippen LogP contribution in [0.1, 0.15) is 12.0 Å². The molecule has 0 aliphatic carbocycles. The van der Waals surface area contributed by atoms with Crippen molar-refractivity contribution in [2.24, 2.45) is 5.92 Å². The van der Waals surface area contributed by atoms with E-state index in [1.807, 2.05) is 24.3 Å². The van der Waals surface area contributed by atoms with Gasteiger partial charge in [0.1, 0.15) is 0 Å². The molecule has 1 saturated heterocycles. The molecule has 4 nitrogen and oxygen atoms in total. The first-order chi connectivity index (χ1) is 11.5. The van der Waals surface area contributed by atoms with Gasteiger partial charge in [-0.25, -0.2) is 0 Å². The molecule has 1 fully saturated rings. The van der Waals surface area contributed by atoms with Crippen molar-refractivity contribution in [3.8, 4) is 0 Å². The van der Waals surface area contributed by atoms with E-state index in [4.69, 9.17) is 23.2 Å². The predicted octanol–water partition coefficient (Wildman–Crippen LogP) is 3.66. The van der Waals surface area contributed by atoms with E-state index in [9.17, 15) is 9.59 Å². The lowest BCUT2D eigenvalue weighted by Gasteiger charge is -2.17. The number of nitrogens with zero attached hydrogens (tertiary/aromatic N) is 1. The van der Waals surface area contributed by atoms with E-state index >= 15 is 0 Å². The standard InChI is InChI=1S/C18H16Cl2N2O2/c19-14-5-3-6-15(9-14)22-11-13(8-17(22)23)18(24)21-10-12-4-1-2-7-16(12)20/h1-7,9,13H,8,10-11H2,(H,21,24). The van der Waals surface area contributed by atoms with E-state index in [0.29, 0.717) is 28.8 Å². The highest BCUT2D eigenvalue weighted by Crippen LogP contribution is 2.27. The molecule has 2 aromatic carbocycles. The molecule has 124 valence electrons. The average molecular weight is 363 g/mol. The highest BCUT2D eigenvalue weighted by atomic mass is 35.5. The molecule has 6 heteroatoms. The Morgan fingerprint density at radius 1 is 1.17 bits per heavy atom. The molecule has 0 radical (unpaired) electrons. The number of nitrogens with one attached hydrogen (secondary N) is 1. The summed E-state index contributed by atoms with van der Waals surface area (Å²) < 4.78 is 0. The molecule has 1 heterocycles. The molecule has 1 aliphatic heterocycles. The molecule has 24 heavy (non-hydrogen) atoms. The number of hydrogen-bond acceptors (Lipinski definition) is 2.